The van der Waals surface area contributed by atoms with Crippen molar-refractivity contribution in [3.63, 3.8) is 0 Å². The normalized spacial score (nSPS) is 40.9. The smallest absolute Gasteiger partial charge is 0.319 e. The summed E-state index contributed by atoms with van der Waals surface area (Å²) in [4.78, 5) is 12.6. The summed E-state index contributed by atoms with van der Waals surface area (Å²) in [6.45, 7) is 4.84. The van der Waals surface area contributed by atoms with Gasteiger partial charge in [-0.15, -0.1) is 0 Å². The molecule has 4 bridgehead atoms. The number of benzene rings is 1. The number of hydrogen-bond donors (Lipinski definition) is 2. The third-order valence-corrected chi connectivity index (χ3v) is 6.32. The highest BCUT2D eigenvalue weighted by Crippen LogP contribution is 2.66. The van der Waals surface area contributed by atoms with Gasteiger partial charge in [0.1, 0.15) is 0 Å². The Kier molecular flexibility index (Phi) is 3.26. The molecule has 0 radical (unpaired) electrons. The molecule has 124 valence electrons. The summed E-state index contributed by atoms with van der Waals surface area (Å²) >= 11 is 5.99. The minimum absolute atomic E-state index is 0.0222. The second kappa shape index (κ2) is 4.89. The van der Waals surface area contributed by atoms with Gasteiger partial charge in [-0.2, -0.15) is 0 Å². The van der Waals surface area contributed by atoms with Gasteiger partial charge in [-0.05, 0) is 73.5 Å². The van der Waals surface area contributed by atoms with E-state index in [1.807, 2.05) is 18.2 Å². The predicted octanol–water partition coefficient (Wildman–Crippen LogP) is 5.21. The van der Waals surface area contributed by atoms with E-state index in [0.717, 1.165) is 30.9 Å². The molecular weight excluding hydrogens is 308 g/mol. The van der Waals surface area contributed by atoms with E-state index in [-0.39, 0.29) is 11.6 Å². The Hall–Kier alpha value is -1.22. The Morgan fingerprint density at radius 1 is 1.13 bits per heavy atom. The molecule has 3 nitrogen and oxygen atoms in total. The number of amides is 2. The maximum Gasteiger partial charge on any atom is 0.319 e. The van der Waals surface area contributed by atoms with E-state index in [1.165, 1.54) is 19.3 Å². The average molecular weight is 333 g/mol. The van der Waals surface area contributed by atoms with E-state index in [9.17, 15) is 4.79 Å². The molecule has 4 fully saturated rings. The summed E-state index contributed by atoms with van der Waals surface area (Å²) in [6.07, 6.45) is 7.37. The highest BCUT2D eigenvalue weighted by Gasteiger charge is 2.60. The molecule has 2 amide bonds. The molecule has 4 saturated carbocycles. The lowest BCUT2D eigenvalue weighted by Gasteiger charge is -2.65. The van der Waals surface area contributed by atoms with Crippen molar-refractivity contribution in [1.82, 2.24) is 5.32 Å². The summed E-state index contributed by atoms with van der Waals surface area (Å²) in [7, 11) is 0. The molecule has 0 aliphatic heterocycles. The number of urea groups is 1. The molecular formula is C19H25ClN2O. The Labute approximate surface area is 143 Å². The summed E-state index contributed by atoms with van der Waals surface area (Å²) in [5.41, 5.74) is 1.53. The second-order valence-corrected chi connectivity index (χ2v) is 9.44. The van der Waals surface area contributed by atoms with E-state index in [2.05, 4.69) is 24.5 Å². The topological polar surface area (TPSA) is 41.1 Å². The van der Waals surface area contributed by atoms with Crippen LogP contribution in [-0.4, -0.2) is 11.6 Å². The zero-order chi connectivity index (χ0) is 16.3. The molecule has 1 aromatic carbocycles. The Balaban J connectivity index is 1.51. The standard InChI is InChI=1S/C19H25ClN2O/c1-17-7-13-8-18(2,10-17)12-19(9-13,11-17)22-16(23)21-15-5-3-4-14(20)6-15/h3-6,13H,7-12H2,1-2H3,(H2,21,22,23)/t13?,17-,18-,19?/m1/s1. The highest BCUT2D eigenvalue weighted by atomic mass is 35.5. The minimum atomic E-state index is -0.0959. The van der Waals surface area contributed by atoms with Gasteiger partial charge in [-0.1, -0.05) is 31.5 Å². The molecule has 2 atom stereocenters. The van der Waals surface area contributed by atoms with Crippen LogP contribution in [0.3, 0.4) is 0 Å². The molecule has 0 unspecified atom stereocenters. The highest BCUT2D eigenvalue weighted by molar-refractivity contribution is 6.30. The van der Waals surface area contributed by atoms with Crippen LogP contribution in [-0.2, 0) is 0 Å². The van der Waals surface area contributed by atoms with Crippen molar-refractivity contribution in [3.05, 3.63) is 29.3 Å². The van der Waals surface area contributed by atoms with E-state index in [1.54, 1.807) is 6.07 Å². The minimum Gasteiger partial charge on any atom is -0.332 e. The first-order valence-electron chi connectivity index (χ1n) is 8.62. The van der Waals surface area contributed by atoms with Crippen LogP contribution in [0.15, 0.2) is 24.3 Å². The van der Waals surface area contributed by atoms with Crippen molar-refractivity contribution in [2.45, 2.75) is 57.9 Å². The number of rotatable bonds is 2. The molecule has 4 aliphatic rings. The lowest BCUT2D eigenvalue weighted by atomic mass is 9.43. The van der Waals surface area contributed by atoms with Crippen LogP contribution in [0.25, 0.3) is 0 Å². The lowest BCUT2D eigenvalue weighted by Crippen LogP contribution is -2.65. The van der Waals surface area contributed by atoms with Gasteiger partial charge in [-0.3, -0.25) is 0 Å². The summed E-state index contributed by atoms with van der Waals surface area (Å²) in [6, 6.07) is 7.22. The fraction of sp³-hybridized carbons (Fsp3) is 0.632. The van der Waals surface area contributed by atoms with E-state index in [4.69, 9.17) is 11.6 Å². The number of carbonyl (C=O) groups excluding carboxylic acids is 1. The van der Waals surface area contributed by atoms with Gasteiger partial charge >= 0.3 is 6.03 Å². The lowest BCUT2D eigenvalue weighted by molar-refractivity contribution is -0.113. The number of halogens is 1. The van der Waals surface area contributed by atoms with Crippen molar-refractivity contribution < 1.29 is 4.79 Å². The zero-order valence-electron chi connectivity index (χ0n) is 13.9. The van der Waals surface area contributed by atoms with Crippen molar-refractivity contribution in [2.24, 2.45) is 16.7 Å². The van der Waals surface area contributed by atoms with E-state index >= 15 is 0 Å². The van der Waals surface area contributed by atoms with Gasteiger partial charge in [0.05, 0.1) is 0 Å². The van der Waals surface area contributed by atoms with Crippen molar-refractivity contribution in [3.8, 4) is 0 Å². The first kappa shape index (κ1) is 15.3. The SMILES string of the molecule is C[C@]12CC3CC(NC(=O)Nc4cccc(Cl)c4)(C1)C[C@](C)(C3)C2. The fourth-order valence-corrected chi connectivity index (χ4v) is 6.75. The first-order chi connectivity index (χ1) is 10.8. The van der Waals surface area contributed by atoms with Crippen molar-refractivity contribution in [1.29, 1.82) is 0 Å². The van der Waals surface area contributed by atoms with Gasteiger partial charge in [0, 0.05) is 16.2 Å². The maximum absolute atomic E-state index is 12.6. The largest absolute Gasteiger partial charge is 0.332 e. The summed E-state index contributed by atoms with van der Waals surface area (Å²) < 4.78 is 0. The fourth-order valence-electron chi connectivity index (χ4n) is 6.56. The van der Waals surface area contributed by atoms with Gasteiger partial charge < -0.3 is 10.6 Å². The number of nitrogens with one attached hydrogen (secondary N) is 2. The Morgan fingerprint density at radius 2 is 1.83 bits per heavy atom. The molecule has 0 spiro atoms. The third-order valence-electron chi connectivity index (χ3n) is 6.09. The predicted molar refractivity (Wildman–Crippen MR) is 93.7 cm³/mol. The molecule has 5 rings (SSSR count). The number of hydrogen-bond acceptors (Lipinski definition) is 1. The van der Waals surface area contributed by atoms with Gasteiger partial charge in [-0.25, -0.2) is 4.79 Å². The molecule has 23 heavy (non-hydrogen) atoms. The maximum atomic E-state index is 12.6. The molecule has 0 aromatic heterocycles. The number of carbonyl (C=O) groups is 1. The second-order valence-electron chi connectivity index (χ2n) is 9.00. The molecule has 2 N–H and O–H groups in total. The van der Waals surface area contributed by atoms with Crippen LogP contribution in [0.4, 0.5) is 10.5 Å². The molecule has 0 saturated heterocycles. The first-order valence-corrected chi connectivity index (χ1v) is 9.00. The Morgan fingerprint density at radius 3 is 2.43 bits per heavy atom. The third kappa shape index (κ3) is 2.84. The van der Waals surface area contributed by atoms with E-state index in [0.29, 0.717) is 15.9 Å². The van der Waals surface area contributed by atoms with Gasteiger partial charge in [0.2, 0.25) is 0 Å². The van der Waals surface area contributed by atoms with Crippen molar-refractivity contribution >= 4 is 23.3 Å². The zero-order valence-corrected chi connectivity index (χ0v) is 14.7. The van der Waals surface area contributed by atoms with Gasteiger partial charge in [0.25, 0.3) is 0 Å². The van der Waals surface area contributed by atoms with Crippen molar-refractivity contribution in [2.75, 3.05) is 5.32 Å². The van der Waals surface area contributed by atoms with Crippen LogP contribution >= 0.6 is 11.6 Å². The van der Waals surface area contributed by atoms with Crippen LogP contribution in [0.2, 0.25) is 5.02 Å². The monoisotopic (exact) mass is 332 g/mol. The van der Waals surface area contributed by atoms with Crippen LogP contribution < -0.4 is 10.6 Å². The molecule has 4 heteroatoms. The van der Waals surface area contributed by atoms with Crippen LogP contribution in [0.1, 0.15) is 52.4 Å². The average Bonchev–Trinajstić information content (AvgIpc) is 2.32. The summed E-state index contributed by atoms with van der Waals surface area (Å²) in [5.74, 6) is 0.771. The number of anilines is 1. The quantitative estimate of drug-likeness (QED) is 0.766. The van der Waals surface area contributed by atoms with Crippen LogP contribution in [0, 0.1) is 16.7 Å². The van der Waals surface area contributed by atoms with E-state index < -0.39 is 0 Å². The molecule has 1 aromatic rings. The van der Waals surface area contributed by atoms with Gasteiger partial charge in [0.15, 0.2) is 0 Å². The molecule has 0 heterocycles. The van der Waals surface area contributed by atoms with Crippen LogP contribution in [0.5, 0.6) is 0 Å². The Bertz CT molecular complexity index is 641. The summed E-state index contributed by atoms with van der Waals surface area (Å²) in [5, 5.41) is 6.93. The molecule has 4 aliphatic carbocycles.